The van der Waals surface area contributed by atoms with Crippen molar-refractivity contribution in [2.45, 2.75) is 31.6 Å². The predicted octanol–water partition coefficient (Wildman–Crippen LogP) is 3.27. The third-order valence-corrected chi connectivity index (χ3v) is 4.19. The van der Waals surface area contributed by atoms with Crippen molar-refractivity contribution >= 4 is 21.9 Å². The summed E-state index contributed by atoms with van der Waals surface area (Å²) in [4.78, 5) is 11.4. The summed E-state index contributed by atoms with van der Waals surface area (Å²) in [5.41, 5.74) is 1.16. The van der Waals surface area contributed by atoms with Crippen molar-refractivity contribution < 1.29 is 14.6 Å². The first-order valence-corrected chi connectivity index (χ1v) is 6.38. The first kappa shape index (κ1) is 12.4. The van der Waals surface area contributed by atoms with Crippen LogP contribution >= 0.6 is 15.9 Å². The number of benzene rings is 1. The molecule has 0 heterocycles. The van der Waals surface area contributed by atoms with E-state index in [0.29, 0.717) is 0 Å². The molecule has 1 fully saturated rings. The summed E-state index contributed by atoms with van der Waals surface area (Å²) in [6.45, 7) is 1.93. The highest BCUT2D eigenvalue weighted by Gasteiger charge is 2.46. The van der Waals surface area contributed by atoms with E-state index < -0.39 is 11.4 Å². The smallest absolute Gasteiger partial charge is 0.314 e. The first-order valence-electron chi connectivity index (χ1n) is 5.59. The third kappa shape index (κ3) is 1.84. The van der Waals surface area contributed by atoms with Gasteiger partial charge in [-0.05, 0) is 52.9 Å². The minimum absolute atomic E-state index is 0.681. The summed E-state index contributed by atoms with van der Waals surface area (Å²) in [7, 11) is 1.61. The molecule has 0 radical (unpaired) electrons. The van der Waals surface area contributed by atoms with Gasteiger partial charge >= 0.3 is 5.97 Å². The Labute approximate surface area is 109 Å². The number of carbonyl (C=O) groups is 1. The molecule has 0 atom stereocenters. The van der Waals surface area contributed by atoms with E-state index in [-0.39, 0.29) is 0 Å². The molecule has 0 spiro atoms. The van der Waals surface area contributed by atoms with E-state index in [0.717, 1.165) is 40.6 Å². The number of aryl methyl sites for hydroxylation is 1. The maximum Gasteiger partial charge on any atom is 0.314 e. The van der Waals surface area contributed by atoms with Crippen LogP contribution in [0.15, 0.2) is 16.6 Å². The number of hydrogen-bond acceptors (Lipinski definition) is 2. The zero-order valence-electron chi connectivity index (χ0n) is 9.92. The highest BCUT2D eigenvalue weighted by molar-refractivity contribution is 9.10. The van der Waals surface area contributed by atoms with Gasteiger partial charge in [0.1, 0.15) is 5.75 Å². The van der Waals surface area contributed by atoms with Gasteiger partial charge in [-0.15, -0.1) is 0 Å². The second kappa shape index (κ2) is 4.33. The number of carboxylic acids is 1. The van der Waals surface area contributed by atoms with Crippen LogP contribution in [0.4, 0.5) is 0 Å². The summed E-state index contributed by atoms with van der Waals surface area (Å²) in [6.07, 6.45) is 2.43. The van der Waals surface area contributed by atoms with Crippen LogP contribution in [0.25, 0.3) is 0 Å². The molecule has 1 aliphatic rings. The fraction of sp³-hybridized carbons (Fsp3) is 0.462. The summed E-state index contributed by atoms with van der Waals surface area (Å²) >= 11 is 3.44. The lowest BCUT2D eigenvalue weighted by molar-refractivity contribution is -0.147. The molecule has 1 saturated carbocycles. The van der Waals surface area contributed by atoms with Crippen LogP contribution < -0.4 is 4.74 Å². The predicted molar refractivity (Wildman–Crippen MR) is 68.6 cm³/mol. The Kier molecular flexibility index (Phi) is 3.17. The highest BCUT2D eigenvalue weighted by atomic mass is 79.9. The third-order valence-electron chi connectivity index (χ3n) is 3.60. The molecular weight excluding hydrogens is 284 g/mol. The van der Waals surface area contributed by atoms with Gasteiger partial charge in [0.2, 0.25) is 0 Å². The topological polar surface area (TPSA) is 46.5 Å². The van der Waals surface area contributed by atoms with Crippen LogP contribution in [-0.4, -0.2) is 18.2 Å². The number of halogens is 1. The van der Waals surface area contributed by atoms with Crippen LogP contribution in [0.1, 0.15) is 30.4 Å². The minimum atomic E-state index is -0.722. The van der Waals surface area contributed by atoms with Gasteiger partial charge in [0, 0.05) is 0 Å². The Bertz CT molecular complexity index is 441. The molecule has 92 valence electrons. The largest absolute Gasteiger partial charge is 0.495 e. The van der Waals surface area contributed by atoms with Crippen LogP contribution in [-0.2, 0) is 10.2 Å². The number of carboxylic acid groups (broad SMARTS) is 1. The fourth-order valence-corrected chi connectivity index (χ4v) is 3.14. The van der Waals surface area contributed by atoms with E-state index in [1.54, 1.807) is 7.11 Å². The van der Waals surface area contributed by atoms with Gasteiger partial charge in [0.15, 0.2) is 0 Å². The standard InChI is InChI=1S/C13H15BrO3/c1-8-6-9(7-10(14)11(8)17-2)13(12(15)16)4-3-5-13/h6-7H,3-5H2,1-2H3,(H,15,16). The van der Waals surface area contributed by atoms with Gasteiger partial charge in [0.25, 0.3) is 0 Å². The highest BCUT2D eigenvalue weighted by Crippen LogP contribution is 2.46. The fourth-order valence-electron chi connectivity index (χ4n) is 2.42. The monoisotopic (exact) mass is 298 g/mol. The van der Waals surface area contributed by atoms with Crippen LogP contribution in [0.5, 0.6) is 5.75 Å². The zero-order chi connectivity index (χ0) is 12.6. The maximum absolute atomic E-state index is 11.4. The van der Waals surface area contributed by atoms with E-state index >= 15 is 0 Å². The zero-order valence-corrected chi connectivity index (χ0v) is 11.5. The molecule has 2 rings (SSSR count). The van der Waals surface area contributed by atoms with Gasteiger partial charge in [-0.3, -0.25) is 4.79 Å². The van der Waals surface area contributed by atoms with E-state index in [1.807, 2.05) is 19.1 Å². The van der Waals surface area contributed by atoms with Gasteiger partial charge in [0.05, 0.1) is 17.0 Å². The molecule has 0 bridgehead atoms. The summed E-state index contributed by atoms with van der Waals surface area (Å²) in [5.74, 6) is 0.0498. The SMILES string of the molecule is COc1c(C)cc(C2(C(=O)O)CCC2)cc1Br. The molecule has 0 amide bonds. The number of rotatable bonds is 3. The first-order chi connectivity index (χ1) is 8.01. The maximum atomic E-state index is 11.4. The molecule has 0 aromatic heterocycles. The molecule has 3 nitrogen and oxygen atoms in total. The number of ether oxygens (including phenoxy) is 1. The van der Waals surface area contributed by atoms with Crippen molar-refractivity contribution in [2.75, 3.05) is 7.11 Å². The molecule has 0 saturated heterocycles. The molecular formula is C13H15BrO3. The molecule has 1 aliphatic carbocycles. The lowest BCUT2D eigenvalue weighted by Crippen LogP contribution is -2.42. The lowest BCUT2D eigenvalue weighted by Gasteiger charge is -2.38. The van der Waals surface area contributed by atoms with Crippen molar-refractivity contribution in [1.29, 1.82) is 0 Å². The van der Waals surface area contributed by atoms with E-state index in [4.69, 9.17) is 4.74 Å². The van der Waals surface area contributed by atoms with Gasteiger partial charge in [-0.2, -0.15) is 0 Å². The van der Waals surface area contributed by atoms with Gasteiger partial charge in [-0.1, -0.05) is 12.5 Å². The van der Waals surface area contributed by atoms with E-state index in [9.17, 15) is 9.90 Å². The van der Waals surface area contributed by atoms with Crippen molar-refractivity contribution in [3.63, 3.8) is 0 Å². The quantitative estimate of drug-likeness (QED) is 0.931. The molecule has 4 heteroatoms. The van der Waals surface area contributed by atoms with Crippen molar-refractivity contribution in [3.8, 4) is 5.75 Å². The second-order valence-electron chi connectivity index (χ2n) is 4.55. The average molecular weight is 299 g/mol. The summed E-state index contributed by atoms with van der Waals surface area (Å²) in [5, 5.41) is 9.40. The Morgan fingerprint density at radius 2 is 2.12 bits per heavy atom. The Morgan fingerprint density at radius 1 is 1.47 bits per heavy atom. The van der Waals surface area contributed by atoms with Gasteiger partial charge < -0.3 is 9.84 Å². The van der Waals surface area contributed by atoms with Crippen LogP contribution in [0.3, 0.4) is 0 Å². The second-order valence-corrected chi connectivity index (χ2v) is 5.40. The Hall–Kier alpha value is -1.03. The van der Waals surface area contributed by atoms with E-state index in [2.05, 4.69) is 15.9 Å². The molecule has 1 aromatic carbocycles. The van der Waals surface area contributed by atoms with Crippen LogP contribution in [0, 0.1) is 6.92 Å². The minimum Gasteiger partial charge on any atom is -0.495 e. The summed E-state index contributed by atoms with van der Waals surface area (Å²) in [6, 6.07) is 3.80. The van der Waals surface area contributed by atoms with Gasteiger partial charge in [-0.25, -0.2) is 0 Å². The molecule has 1 aromatic rings. The molecule has 1 N–H and O–H groups in total. The van der Waals surface area contributed by atoms with Crippen molar-refractivity contribution in [1.82, 2.24) is 0 Å². The molecule has 17 heavy (non-hydrogen) atoms. The van der Waals surface area contributed by atoms with Crippen molar-refractivity contribution in [3.05, 3.63) is 27.7 Å². The molecule has 0 unspecified atom stereocenters. The molecule has 0 aliphatic heterocycles. The number of methoxy groups -OCH3 is 1. The average Bonchev–Trinajstić information content (AvgIpc) is 2.14. The lowest BCUT2D eigenvalue weighted by atomic mass is 9.64. The Morgan fingerprint density at radius 3 is 2.47 bits per heavy atom. The van der Waals surface area contributed by atoms with Crippen LogP contribution in [0.2, 0.25) is 0 Å². The normalized spacial score (nSPS) is 17.4. The number of aliphatic carboxylic acids is 1. The summed E-state index contributed by atoms with van der Waals surface area (Å²) < 4.78 is 6.08. The van der Waals surface area contributed by atoms with E-state index in [1.165, 1.54) is 0 Å². The Balaban J connectivity index is 2.50. The number of hydrogen-bond donors (Lipinski definition) is 1. The van der Waals surface area contributed by atoms with Crippen molar-refractivity contribution in [2.24, 2.45) is 0 Å².